The van der Waals surface area contributed by atoms with Crippen molar-refractivity contribution in [3.8, 4) is 0 Å². The molecule has 0 radical (unpaired) electrons. The van der Waals surface area contributed by atoms with Gasteiger partial charge in [-0.3, -0.25) is 14.5 Å². The quantitative estimate of drug-likeness (QED) is 0.637. The van der Waals surface area contributed by atoms with Gasteiger partial charge in [0.1, 0.15) is 17.8 Å². The van der Waals surface area contributed by atoms with Crippen LogP contribution in [0.15, 0.2) is 36.7 Å². The summed E-state index contributed by atoms with van der Waals surface area (Å²) < 4.78 is 0. The molecule has 2 aliphatic rings. The minimum Gasteiger partial charge on any atom is -0.364 e. The van der Waals surface area contributed by atoms with Gasteiger partial charge in [-0.25, -0.2) is 9.97 Å². The molecule has 4 rings (SSSR count). The Kier molecular flexibility index (Phi) is 6.23. The van der Waals surface area contributed by atoms with Crippen LogP contribution in [-0.4, -0.2) is 70.9 Å². The first-order valence-electron chi connectivity index (χ1n) is 10.5. The third-order valence-corrected chi connectivity index (χ3v) is 5.70. The SMILES string of the molecule is CC(CNC(=O)c1cc(NC2CN(C=O)C2)ncn1)CN1CCc2ccccc2C1. The van der Waals surface area contributed by atoms with Gasteiger partial charge in [0.05, 0.1) is 6.04 Å². The zero-order valence-electron chi connectivity index (χ0n) is 17.3. The van der Waals surface area contributed by atoms with Crippen LogP contribution in [0.5, 0.6) is 0 Å². The number of nitrogens with one attached hydrogen (secondary N) is 2. The third-order valence-electron chi connectivity index (χ3n) is 5.70. The van der Waals surface area contributed by atoms with Gasteiger partial charge in [0.15, 0.2) is 0 Å². The maximum Gasteiger partial charge on any atom is 0.270 e. The first-order chi connectivity index (χ1) is 14.6. The van der Waals surface area contributed by atoms with E-state index in [9.17, 15) is 9.59 Å². The fourth-order valence-corrected chi connectivity index (χ4v) is 4.03. The van der Waals surface area contributed by atoms with E-state index in [4.69, 9.17) is 0 Å². The molecule has 1 saturated heterocycles. The van der Waals surface area contributed by atoms with Crippen molar-refractivity contribution in [3.63, 3.8) is 0 Å². The highest BCUT2D eigenvalue weighted by atomic mass is 16.2. The van der Waals surface area contributed by atoms with Gasteiger partial charge in [-0.1, -0.05) is 31.2 Å². The summed E-state index contributed by atoms with van der Waals surface area (Å²) in [6.07, 6.45) is 3.31. The van der Waals surface area contributed by atoms with Crippen molar-refractivity contribution >= 4 is 18.1 Å². The maximum absolute atomic E-state index is 12.5. The van der Waals surface area contributed by atoms with Crippen LogP contribution < -0.4 is 10.6 Å². The Bertz CT molecular complexity index is 899. The summed E-state index contributed by atoms with van der Waals surface area (Å²) in [5.74, 6) is 0.744. The first kappa shape index (κ1) is 20.3. The van der Waals surface area contributed by atoms with Crippen molar-refractivity contribution in [2.75, 3.05) is 38.0 Å². The van der Waals surface area contributed by atoms with Crippen molar-refractivity contribution in [2.24, 2.45) is 5.92 Å². The summed E-state index contributed by atoms with van der Waals surface area (Å²) in [6.45, 7) is 7.02. The van der Waals surface area contributed by atoms with Crippen LogP contribution in [0.3, 0.4) is 0 Å². The van der Waals surface area contributed by atoms with Crippen molar-refractivity contribution in [2.45, 2.75) is 25.9 Å². The van der Waals surface area contributed by atoms with Crippen LogP contribution in [0, 0.1) is 5.92 Å². The van der Waals surface area contributed by atoms with Crippen molar-refractivity contribution in [1.29, 1.82) is 0 Å². The fourth-order valence-electron chi connectivity index (χ4n) is 4.03. The summed E-state index contributed by atoms with van der Waals surface area (Å²) in [5, 5.41) is 6.22. The Balaban J connectivity index is 1.23. The van der Waals surface area contributed by atoms with Crippen molar-refractivity contribution in [1.82, 2.24) is 25.1 Å². The molecule has 1 fully saturated rings. The molecule has 1 aromatic heterocycles. The summed E-state index contributed by atoms with van der Waals surface area (Å²) >= 11 is 0. The summed E-state index contributed by atoms with van der Waals surface area (Å²) in [7, 11) is 0. The standard InChI is InChI=1S/C22H28N6O2/c1-16(10-27-7-6-17-4-2-3-5-18(17)11-27)9-23-22(30)20-8-21(25-14-24-20)26-19-12-28(13-19)15-29/h2-5,8,14-16,19H,6-7,9-13H2,1H3,(H,23,30)(H,24,25,26). The molecular formula is C22H28N6O2. The van der Waals surface area contributed by atoms with Gasteiger partial charge in [0, 0.05) is 45.3 Å². The molecule has 8 nitrogen and oxygen atoms in total. The molecule has 0 spiro atoms. The Hall–Kier alpha value is -3.00. The summed E-state index contributed by atoms with van der Waals surface area (Å²) in [4.78, 5) is 35.6. The molecule has 0 saturated carbocycles. The molecule has 8 heteroatoms. The molecule has 30 heavy (non-hydrogen) atoms. The zero-order valence-corrected chi connectivity index (χ0v) is 17.3. The van der Waals surface area contributed by atoms with Gasteiger partial charge >= 0.3 is 0 Å². The van der Waals surface area contributed by atoms with Crippen LogP contribution >= 0.6 is 0 Å². The summed E-state index contributed by atoms with van der Waals surface area (Å²) in [5.41, 5.74) is 3.20. The summed E-state index contributed by atoms with van der Waals surface area (Å²) in [6, 6.07) is 10.4. The number of carbonyl (C=O) groups excluding carboxylic acids is 2. The van der Waals surface area contributed by atoms with Gasteiger partial charge in [0.25, 0.3) is 5.91 Å². The number of anilines is 1. The lowest BCUT2D eigenvalue weighted by atomic mass is 9.99. The molecule has 0 bridgehead atoms. The molecule has 1 unspecified atom stereocenters. The highest BCUT2D eigenvalue weighted by Gasteiger charge is 2.25. The van der Waals surface area contributed by atoms with Gasteiger partial charge < -0.3 is 15.5 Å². The molecule has 2 aliphatic heterocycles. The van der Waals surface area contributed by atoms with Crippen LogP contribution in [-0.2, 0) is 17.8 Å². The van der Waals surface area contributed by atoms with Crippen LogP contribution in [0.1, 0.15) is 28.5 Å². The second-order valence-electron chi connectivity index (χ2n) is 8.26. The second-order valence-corrected chi connectivity index (χ2v) is 8.26. The Morgan fingerprint density at radius 1 is 1.27 bits per heavy atom. The number of amides is 2. The monoisotopic (exact) mass is 408 g/mol. The van der Waals surface area contributed by atoms with E-state index in [1.54, 1.807) is 11.0 Å². The number of fused-ring (bicyclic) bond motifs is 1. The van der Waals surface area contributed by atoms with E-state index in [1.807, 2.05) is 0 Å². The fraction of sp³-hybridized carbons (Fsp3) is 0.455. The lowest BCUT2D eigenvalue weighted by molar-refractivity contribution is -0.121. The van der Waals surface area contributed by atoms with E-state index in [0.29, 0.717) is 37.1 Å². The van der Waals surface area contributed by atoms with E-state index in [1.165, 1.54) is 17.5 Å². The Morgan fingerprint density at radius 3 is 2.87 bits per heavy atom. The molecular weight excluding hydrogens is 380 g/mol. The maximum atomic E-state index is 12.5. The second kappa shape index (κ2) is 9.21. The normalized spacial score (nSPS) is 17.6. The Labute approximate surface area is 176 Å². The molecule has 3 heterocycles. The molecule has 2 aromatic rings. The highest BCUT2D eigenvalue weighted by molar-refractivity contribution is 5.92. The largest absolute Gasteiger partial charge is 0.364 e. The lowest BCUT2D eigenvalue weighted by Gasteiger charge is -2.36. The molecule has 2 N–H and O–H groups in total. The lowest BCUT2D eigenvalue weighted by Crippen LogP contribution is -2.53. The number of likely N-dealkylation sites (tertiary alicyclic amines) is 1. The number of carbonyl (C=O) groups is 2. The number of benzene rings is 1. The Morgan fingerprint density at radius 2 is 2.07 bits per heavy atom. The van der Waals surface area contributed by atoms with Crippen molar-refractivity contribution in [3.05, 3.63) is 53.5 Å². The van der Waals surface area contributed by atoms with E-state index in [-0.39, 0.29) is 11.9 Å². The topological polar surface area (TPSA) is 90.5 Å². The average Bonchev–Trinajstić information content (AvgIpc) is 2.74. The van der Waals surface area contributed by atoms with E-state index in [2.05, 4.69) is 56.7 Å². The molecule has 2 amide bonds. The van der Waals surface area contributed by atoms with E-state index < -0.39 is 0 Å². The number of rotatable bonds is 8. The number of aromatic nitrogens is 2. The highest BCUT2D eigenvalue weighted by Crippen LogP contribution is 2.19. The van der Waals surface area contributed by atoms with Crippen molar-refractivity contribution < 1.29 is 9.59 Å². The van der Waals surface area contributed by atoms with Crippen LogP contribution in [0.25, 0.3) is 0 Å². The van der Waals surface area contributed by atoms with E-state index in [0.717, 1.165) is 32.5 Å². The average molecular weight is 409 g/mol. The smallest absolute Gasteiger partial charge is 0.270 e. The van der Waals surface area contributed by atoms with Crippen LogP contribution in [0.4, 0.5) is 5.82 Å². The predicted octanol–water partition coefficient (Wildman–Crippen LogP) is 1.15. The van der Waals surface area contributed by atoms with E-state index >= 15 is 0 Å². The first-order valence-corrected chi connectivity index (χ1v) is 10.5. The van der Waals surface area contributed by atoms with Gasteiger partial charge in [0.2, 0.25) is 6.41 Å². The molecule has 158 valence electrons. The molecule has 1 atom stereocenters. The third kappa shape index (κ3) is 4.94. The van der Waals surface area contributed by atoms with Gasteiger partial charge in [-0.15, -0.1) is 0 Å². The van der Waals surface area contributed by atoms with Crippen LogP contribution in [0.2, 0.25) is 0 Å². The zero-order chi connectivity index (χ0) is 20.9. The van der Waals surface area contributed by atoms with Gasteiger partial charge in [-0.2, -0.15) is 0 Å². The molecule has 0 aliphatic carbocycles. The minimum absolute atomic E-state index is 0.163. The number of hydrogen-bond donors (Lipinski definition) is 2. The predicted molar refractivity (Wildman–Crippen MR) is 114 cm³/mol. The number of nitrogens with zero attached hydrogens (tertiary/aromatic N) is 4. The number of hydrogen-bond acceptors (Lipinski definition) is 6. The minimum atomic E-state index is -0.195. The molecule has 1 aromatic carbocycles. The van der Waals surface area contributed by atoms with Gasteiger partial charge in [-0.05, 0) is 23.5 Å².